The van der Waals surface area contributed by atoms with E-state index in [1.54, 1.807) is 9.36 Å². The number of aryl methyl sites for hydroxylation is 2. The minimum Gasteiger partial charge on any atom is -0.387 e. The highest BCUT2D eigenvalue weighted by atomic mass is 32.1. The lowest BCUT2D eigenvalue weighted by molar-refractivity contribution is -0.931. The van der Waals surface area contributed by atoms with Gasteiger partial charge in [-0.2, -0.15) is 9.36 Å². The van der Waals surface area contributed by atoms with Crippen LogP contribution in [0.5, 0.6) is 0 Å². The smallest absolute Gasteiger partial charge is 0.225 e. The summed E-state index contributed by atoms with van der Waals surface area (Å²) in [5.74, 6) is 0. The molecule has 1 saturated heterocycles. The van der Waals surface area contributed by atoms with E-state index in [0.717, 1.165) is 31.6 Å². The molecule has 6 nitrogen and oxygen atoms in total. The molecule has 3 rings (SSSR count). The SMILES string of the molecule is Cc1ccc(-n2nnn(C[NH+]3CCC[C@@H](O)C3)c2=S)cc1C. The van der Waals surface area contributed by atoms with Crippen LogP contribution in [0.3, 0.4) is 0 Å². The predicted molar refractivity (Wildman–Crippen MR) is 85.6 cm³/mol. The lowest BCUT2D eigenvalue weighted by Gasteiger charge is -2.26. The van der Waals surface area contributed by atoms with Crippen molar-refractivity contribution in [3.8, 4) is 5.69 Å². The number of likely N-dealkylation sites (tertiary alicyclic amines) is 1. The highest BCUT2D eigenvalue weighted by molar-refractivity contribution is 7.71. The molecular weight excluding hydrogens is 298 g/mol. The fraction of sp³-hybridized carbons (Fsp3) is 0.533. The van der Waals surface area contributed by atoms with E-state index in [4.69, 9.17) is 12.2 Å². The zero-order chi connectivity index (χ0) is 15.7. The molecule has 2 heterocycles. The standard InChI is InChI=1S/C15H21N5OS/c1-11-5-6-13(8-12(11)2)20-15(22)19(16-17-20)10-18-7-3-4-14(21)9-18/h5-6,8,14,21H,3-4,7,9-10H2,1-2H3/p+1/t14-/m1/s1. The quantitative estimate of drug-likeness (QED) is 0.805. The molecule has 0 aliphatic carbocycles. The van der Waals surface area contributed by atoms with Crippen LogP contribution in [-0.2, 0) is 6.67 Å². The Morgan fingerprint density at radius 3 is 2.86 bits per heavy atom. The molecular formula is C15H22N5OS+. The minimum absolute atomic E-state index is 0.215. The monoisotopic (exact) mass is 320 g/mol. The Morgan fingerprint density at radius 1 is 1.32 bits per heavy atom. The van der Waals surface area contributed by atoms with Crippen LogP contribution in [0.2, 0.25) is 0 Å². The molecule has 1 unspecified atom stereocenters. The fourth-order valence-electron chi connectivity index (χ4n) is 2.87. The summed E-state index contributed by atoms with van der Waals surface area (Å²) >= 11 is 5.51. The second-order valence-electron chi connectivity index (χ2n) is 6.10. The van der Waals surface area contributed by atoms with Gasteiger partial charge in [-0.15, -0.1) is 0 Å². The third-order valence-electron chi connectivity index (χ3n) is 4.34. The Labute approximate surface area is 135 Å². The van der Waals surface area contributed by atoms with E-state index in [-0.39, 0.29) is 6.10 Å². The molecule has 1 aromatic heterocycles. The Morgan fingerprint density at radius 2 is 2.14 bits per heavy atom. The van der Waals surface area contributed by atoms with Crippen LogP contribution >= 0.6 is 12.2 Å². The molecule has 0 spiro atoms. The number of hydrogen-bond acceptors (Lipinski definition) is 4. The molecule has 0 bridgehead atoms. The topological polar surface area (TPSA) is 60.3 Å². The predicted octanol–water partition coefficient (Wildman–Crippen LogP) is 0.412. The summed E-state index contributed by atoms with van der Waals surface area (Å²) in [6, 6.07) is 6.15. The summed E-state index contributed by atoms with van der Waals surface area (Å²) in [6.45, 7) is 6.60. The van der Waals surface area contributed by atoms with E-state index >= 15 is 0 Å². The number of benzene rings is 1. The first-order valence-electron chi connectivity index (χ1n) is 7.66. The number of quaternary nitrogens is 1. The van der Waals surface area contributed by atoms with Crippen molar-refractivity contribution in [3.63, 3.8) is 0 Å². The molecule has 1 aliphatic heterocycles. The van der Waals surface area contributed by atoms with E-state index in [0.29, 0.717) is 11.4 Å². The summed E-state index contributed by atoms with van der Waals surface area (Å²) in [6.07, 6.45) is 1.71. The number of aliphatic hydroxyl groups is 1. The first-order valence-corrected chi connectivity index (χ1v) is 8.07. The summed E-state index contributed by atoms with van der Waals surface area (Å²) < 4.78 is 4.04. The first kappa shape index (κ1) is 15.3. The van der Waals surface area contributed by atoms with Gasteiger partial charge in [0.1, 0.15) is 12.6 Å². The molecule has 1 aliphatic rings. The molecule has 0 radical (unpaired) electrons. The number of nitrogens with one attached hydrogen (secondary N) is 1. The van der Waals surface area contributed by atoms with Gasteiger partial charge in [0.2, 0.25) is 4.77 Å². The van der Waals surface area contributed by atoms with Crippen molar-refractivity contribution in [1.29, 1.82) is 0 Å². The third kappa shape index (κ3) is 3.11. The van der Waals surface area contributed by atoms with E-state index in [2.05, 4.69) is 36.4 Å². The van der Waals surface area contributed by atoms with E-state index in [1.165, 1.54) is 16.0 Å². The number of nitrogens with zero attached hydrogens (tertiary/aromatic N) is 4. The van der Waals surface area contributed by atoms with Gasteiger partial charge in [0.25, 0.3) is 0 Å². The van der Waals surface area contributed by atoms with E-state index in [9.17, 15) is 5.11 Å². The average molecular weight is 320 g/mol. The van der Waals surface area contributed by atoms with Gasteiger partial charge in [-0.05, 0) is 72.6 Å². The molecule has 1 fully saturated rings. The van der Waals surface area contributed by atoms with Gasteiger partial charge >= 0.3 is 0 Å². The zero-order valence-electron chi connectivity index (χ0n) is 13.0. The summed E-state index contributed by atoms with van der Waals surface area (Å²) in [4.78, 5) is 1.29. The summed E-state index contributed by atoms with van der Waals surface area (Å²) in [5, 5.41) is 18.1. The number of rotatable bonds is 3. The fourth-order valence-corrected chi connectivity index (χ4v) is 3.12. The highest BCUT2D eigenvalue weighted by Gasteiger charge is 2.22. The van der Waals surface area contributed by atoms with E-state index in [1.807, 2.05) is 6.07 Å². The second-order valence-corrected chi connectivity index (χ2v) is 6.46. The van der Waals surface area contributed by atoms with E-state index < -0.39 is 0 Å². The van der Waals surface area contributed by atoms with Crippen molar-refractivity contribution in [1.82, 2.24) is 19.8 Å². The third-order valence-corrected chi connectivity index (χ3v) is 4.72. The van der Waals surface area contributed by atoms with Gasteiger partial charge in [-0.3, -0.25) is 0 Å². The molecule has 0 amide bonds. The Balaban J connectivity index is 1.82. The normalized spacial score (nSPS) is 22.0. The van der Waals surface area contributed by atoms with Crippen LogP contribution in [0.25, 0.3) is 5.69 Å². The van der Waals surface area contributed by atoms with Crippen molar-refractivity contribution < 1.29 is 10.0 Å². The molecule has 2 aromatic rings. The lowest BCUT2D eigenvalue weighted by Crippen LogP contribution is -3.13. The van der Waals surface area contributed by atoms with Crippen LogP contribution in [0.1, 0.15) is 24.0 Å². The van der Waals surface area contributed by atoms with Crippen LogP contribution in [-0.4, -0.2) is 44.1 Å². The van der Waals surface area contributed by atoms with Gasteiger partial charge in [-0.25, -0.2) is 0 Å². The molecule has 22 heavy (non-hydrogen) atoms. The average Bonchev–Trinajstić information content (AvgIpc) is 2.83. The molecule has 118 valence electrons. The number of aromatic nitrogens is 4. The van der Waals surface area contributed by atoms with Crippen LogP contribution in [0.15, 0.2) is 18.2 Å². The largest absolute Gasteiger partial charge is 0.387 e. The van der Waals surface area contributed by atoms with Gasteiger partial charge < -0.3 is 10.0 Å². The number of tetrazole rings is 1. The maximum absolute atomic E-state index is 9.77. The van der Waals surface area contributed by atoms with Gasteiger partial charge in [0.05, 0.1) is 12.2 Å². The van der Waals surface area contributed by atoms with Gasteiger partial charge in [0, 0.05) is 0 Å². The number of hydrogen-bond donors (Lipinski definition) is 2. The van der Waals surface area contributed by atoms with Gasteiger partial charge in [-0.1, -0.05) is 6.07 Å². The maximum Gasteiger partial charge on any atom is 0.225 e. The van der Waals surface area contributed by atoms with Crippen molar-refractivity contribution in [2.45, 2.75) is 39.5 Å². The van der Waals surface area contributed by atoms with Crippen molar-refractivity contribution in [3.05, 3.63) is 34.1 Å². The van der Waals surface area contributed by atoms with Crippen LogP contribution in [0.4, 0.5) is 0 Å². The molecule has 0 saturated carbocycles. The Hall–Kier alpha value is -1.57. The van der Waals surface area contributed by atoms with Gasteiger partial charge in [0.15, 0.2) is 6.67 Å². The molecule has 7 heteroatoms. The van der Waals surface area contributed by atoms with Crippen molar-refractivity contribution in [2.24, 2.45) is 0 Å². The van der Waals surface area contributed by atoms with Crippen molar-refractivity contribution >= 4 is 12.2 Å². The minimum atomic E-state index is -0.215. The maximum atomic E-state index is 9.77. The molecule has 2 N–H and O–H groups in total. The second kappa shape index (κ2) is 6.28. The Bertz CT molecular complexity index is 723. The first-order chi connectivity index (χ1) is 10.5. The summed E-state index contributed by atoms with van der Waals surface area (Å²) in [7, 11) is 0. The molecule has 1 aromatic carbocycles. The van der Waals surface area contributed by atoms with Crippen LogP contribution in [0, 0.1) is 18.6 Å². The lowest BCUT2D eigenvalue weighted by atomic mass is 10.1. The number of aliphatic hydroxyl groups excluding tert-OH is 1. The van der Waals surface area contributed by atoms with Crippen molar-refractivity contribution in [2.75, 3.05) is 13.1 Å². The summed E-state index contributed by atoms with van der Waals surface area (Å²) in [5.41, 5.74) is 3.39. The zero-order valence-corrected chi connectivity index (χ0v) is 13.8. The molecule has 2 atom stereocenters. The van der Waals surface area contributed by atoms with Crippen LogP contribution < -0.4 is 4.90 Å². The Kier molecular flexibility index (Phi) is 4.37. The highest BCUT2D eigenvalue weighted by Crippen LogP contribution is 2.13. The number of piperidine rings is 1.